The van der Waals surface area contributed by atoms with Crippen molar-refractivity contribution in [1.82, 2.24) is 9.38 Å². The number of nitrogens with zero attached hydrogens (tertiary/aromatic N) is 2. The molecule has 0 saturated heterocycles. The lowest BCUT2D eigenvalue weighted by Gasteiger charge is -2.28. The van der Waals surface area contributed by atoms with Crippen molar-refractivity contribution in [2.75, 3.05) is 0 Å². The predicted octanol–water partition coefficient (Wildman–Crippen LogP) is 6.55. The highest BCUT2D eigenvalue weighted by Crippen LogP contribution is 2.34. The van der Waals surface area contributed by atoms with Crippen LogP contribution in [0.2, 0.25) is 0 Å². The van der Waals surface area contributed by atoms with Crippen LogP contribution in [0.15, 0.2) is 132 Å². The van der Waals surface area contributed by atoms with Crippen LogP contribution in [-0.2, 0) is 0 Å². The van der Waals surface area contributed by atoms with E-state index in [0.29, 0.717) is 5.84 Å². The van der Waals surface area contributed by atoms with Gasteiger partial charge in [0.15, 0.2) is 0 Å². The Morgan fingerprint density at radius 2 is 1.23 bits per heavy atom. The molecule has 0 spiro atoms. The molecule has 2 aromatic heterocycles. The van der Waals surface area contributed by atoms with Crippen LogP contribution in [0.5, 0.6) is 0 Å². The number of rotatable bonds is 3. The number of benzene rings is 6. The molecule has 4 heteroatoms. The van der Waals surface area contributed by atoms with Crippen molar-refractivity contribution in [2.24, 2.45) is 0 Å². The molecule has 6 aromatic carbocycles. The minimum absolute atomic E-state index is 0.0166. The molecular formula is C35H21BN2O. The van der Waals surface area contributed by atoms with Crippen LogP contribution < -0.4 is 16.4 Å². The maximum absolute atomic E-state index is 6.40. The number of aromatic nitrogens is 2. The van der Waals surface area contributed by atoms with Gasteiger partial charge in [-0.15, -0.1) is 0 Å². The third kappa shape index (κ3) is 2.80. The second-order valence-corrected chi connectivity index (χ2v) is 10.3. The Kier molecular flexibility index (Phi) is 4.14. The van der Waals surface area contributed by atoms with Gasteiger partial charge in [0.2, 0.25) is 6.71 Å². The van der Waals surface area contributed by atoms with Crippen LogP contribution in [0.25, 0.3) is 61.0 Å². The van der Waals surface area contributed by atoms with E-state index in [1.807, 2.05) is 0 Å². The van der Waals surface area contributed by atoms with E-state index in [4.69, 9.17) is 9.40 Å². The highest BCUT2D eigenvalue weighted by molar-refractivity contribution is 7.00. The minimum atomic E-state index is 0.0166. The Bertz CT molecular complexity index is 2170. The van der Waals surface area contributed by atoms with Crippen LogP contribution in [0.1, 0.15) is 0 Å². The van der Waals surface area contributed by atoms with Crippen LogP contribution in [0.4, 0.5) is 0 Å². The number of para-hydroxylation sites is 1. The monoisotopic (exact) mass is 496 g/mol. The Balaban J connectivity index is 1.49. The Labute approximate surface area is 225 Å². The van der Waals surface area contributed by atoms with Gasteiger partial charge in [0, 0.05) is 5.39 Å². The summed E-state index contributed by atoms with van der Waals surface area (Å²) in [5, 5.41) is 2.33. The minimum Gasteiger partial charge on any atom is -0.424 e. The van der Waals surface area contributed by atoms with Gasteiger partial charge >= 0.3 is 5.84 Å². The molecule has 0 atom stereocenters. The van der Waals surface area contributed by atoms with E-state index in [0.717, 1.165) is 22.0 Å². The largest absolute Gasteiger partial charge is 0.424 e. The molecule has 0 N–H and O–H groups in total. The van der Waals surface area contributed by atoms with Gasteiger partial charge < -0.3 is 4.42 Å². The fraction of sp³-hybridized carbons (Fsp3) is 0. The fourth-order valence-electron chi connectivity index (χ4n) is 6.73. The van der Waals surface area contributed by atoms with Crippen molar-refractivity contribution >= 4 is 61.9 Å². The first-order chi connectivity index (χ1) is 19.4. The molecule has 1 aliphatic heterocycles. The maximum Gasteiger partial charge on any atom is 0.307 e. The molecule has 180 valence electrons. The topological polar surface area (TPSA) is 30.4 Å². The summed E-state index contributed by atoms with van der Waals surface area (Å²) in [6.45, 7) is 0.0166. The van der Waals surface area contributed by atoms with E-state index >= 15 is 0 Å². The summed E-state index contributed by atoms with van der Waals surface area (Å²) >= 11 is 0. The molecular weight excluding hydrogens is 475 g/mol. The Morgan fingerprint density at radius 3 is 1.97 bits per heavy atom. The molecule has 0 saturated carbocycles. The molecule has 0 radical (unpaired) electrons. The fourth-order valence-corrected chi connectivity index (χ4v) is 6.73. The third-order valence-electron chi connectivity index (χ3n) is 8.30. The van der Waals surface area contributed by atoms with Gasteiger partial charge in [-0.25, -0.2) is 0 Å². The average molecular weight is 496 g/mol. The maximum atomic E-state index is 6.40. The lowest BCUT2D eigenvalue weighted by Crippen LogP contribution is -2.56. The van der Waals surface area contributed by atoms with Gasteiger partial charge in [-0.3, -0.25) is 4.40 Å². The zero-order chi connectivity index (χ0) is 25.5. The van der Waals surface area contributed by atoms with E-state index in [1.165, 1.54) is 49.5 Å². The number of imidazole rings is 1. The smallest absolute Gasteiger partial charge is 0.307 e. The van der Waals surface area contributed by atoms with E-state index < -0.39 is 0 Å². The SMILES string of the molecule is c1ccc(-c2cccc(-c3ccccc3)c2B2c3cccc4nc5oc6cccc7ccc2c(c76)n5c34)cc1. The molecule has 9 rings (SSSR count). The normalized spacial score (nSPS) is 12.6. The summed E-state index contributed by atoms with van der Waals surface area (Å²) in [6, 6.07) is 45.6. The average Bonchev–Trinajstić information content (AvgIpc) is 3.38. The van der Waals surface area contributed by atoms with Crippen LogP contribution >= 0.6 is 0 Å². The predicted molar refractivity (Wildman–Crippen MR) is 162 cm³/mol. The summed E-state index contributed by atoms with van der Waals surface area (Å²) in [7, 11) is 0. The van der Waals surface area contributed by atoms with Gasteiger partial charge in [0.05, 0.1) is 16.6 Å². The molecule has 0 amide bonds. The molecule has 0 fully saturated rings. The van der Waals surface area contributed by atoms with Gasteiger partial charge in [-0.1, -0.05) is 121 Å². The molecule has 8 aromatic rings. The summed E-state index contributed by atoms with van der Waals surface area (Å²) < 4.78 is 8.64. The van der Waals surface area contributed by atoms with Crippen molar-refractivity contribution < 1.29 is 4.42 Å². The van der Waals surface area contributed by atoms with Crippen LogP contribution in [-0.4, -0.2) is 16.1 Å². The van der Waals surface area contributed by atoms with Crippen molar-refractivity contribution in [3.05, 3.63) is 127 Å². The highest BCUT2D eigenvalue weighted by atomic mass is 16.3. The molecule has 0 bridgehead atoms. The Hall–Kier alpha value is -5.09. The number of hydrogen-bond acceptors (Lipinski definition) is 2. The molecule has 0 aliphatic carbocycles. The van der Waals surface area contributed by atoms with E-state index in [2.05, 4.69) is 132 Å². The quantitative estimate of drug-likeness (QED) is 0.260. The lowest BCUT2D eigenvalue weighted by molar-refractivity contribution is 0.624. The second kappa shape index (κ2) is 7.72. The summed E-state index contributed by atoms with van der Waals surface area (Å²) in [4.78, 5) is 4.96. The zero-order valence-corrected chi connectivity index (χ0v) is 21.0. The van der Waals surface area contributed by atoms with E-state index in [9.17, 15) is 0 Å². The standard InChI is InChI=1S/C35H21BN2O/c1-3-10-22(11-4-1)25-15-8-16-26(23-12-5-2-6-13-23)32(25)36-27-17-9-18-29-33(27)38-34-28(36)21-20-24-14-7-19-30(31(24)34)39-35(38)37-29/h1-21H. The number of hydrogen-bond donors (Lipinski definition) is 0. The first-order valence-electron chi connectivity index (χ1n) is 13.4. The first-order valence-corrected chi connectivity index (χ1v) is 13.4. The van der Waals surface area contributed by atoms with Gasteiger partial charge in [0.1, 0.15) is 5.58 Å². The molecule has 39 heavy (non-hydrogen) atoms. The molecule has 0 unspecified atom stereocenters. The van der Waals surface area contributed by atoms with E-state index in [1.54, 1.807) is 0 Å². The second-order valence-electron chi connectivity index (χ2n) is 10.3. The van der Waals surface area contributed by atoms with Crippen molar-refractivity contribution in [1.29, 1.82) is 0 Å². The van der Waals surface area contributed by atoms with Crippen molar-refractivity contribution in [3.8, 4) is 22.3 Å². The zero-order valence-electron chi connectivity index (χ0n) is 21.0. The summed E-state index contributed by atoms with van der Waals surface area (Å²) in [5.74, 6) is 0.642. The first kappa shape index (κ1) is 20.9. The van der Waals surface area contributed by atoms with Crippen LogP contribution in [0, 0.1) is 0 Å². The molecule has 3 nitrogen and oxygen atoms in total. The third-order valence-corrected chi connectivity index (χ3v) is 8.30. The summed E-state index contributed by atoms with van der Waals surface area (Å²) in [6.07, 6.45) is 0. The lowest BCUT2D eigenvalue weighted by atomic mass is 9.34. The summed E-state index contributed by atoms with van der Waals surface area (Å²) in [5.41, 5.74) is 12.9. The van der Waals surface area contributed by atoms with Crippen LogP contribution in [0.3, 0.4) is 0 Å². The van der Waals surface area contributed by atoms with Crippen molar-refractivity contribution in [2.45, 2.75) is 0 Å². The molecule has 3 heterocycles. The Morgan fingerprint density at radius 1 is 0.564 bits per heavy atom. The van der Waals surface area contributed by atoms with Gasteiger partial charge in [-0.05, 0) is 50.7 Å². The van der Waals surface area contributed by atoms with Gasteiger partial charge in [-0.2, -0.15) is 4.98 Å². The van der Waals surface area contributed by atoms with Gasteiger partial charge in [0.25, 0.3) is 0 Å². The molecule has 1 aliphatic rings. The highest BCUT2D eigenvalue weighted by Gasteiger charge is 2.36. The van der Waals surface area contributed by atoms with E-state index in [-0.39, 0.29) is 6.71 Å². The van der Waals surface area contributed by atoms with Crippen molar-refractivity contribution in [3.63, 3.8) is 0 Å².